The van der Waals surface area contributed by atoms with E-state index in [2.05, 4.69) is 0 Å². The number of nitrogens with zero attached hydrogens (tertiary/aromatic N) is 1. The van der Waals surface area contributed by atoms with Gasteiger partial charge in [0, 0.05) is 12.2 Å². The van der Waals surface area contributed by atoms with Crippen LogP contribution < -0.4 is 5.32 Å². The highest BCUT2D eigenvalue weighted by Gasteiger charge is 2.58. The van der Waals surface area contributed by atoms with Crippen LogP contribution in [0.2, 0.25) is 0 Å². The highest BCUT2D eigenvalue weighted by atomic mass is 19.4. The minimum absolute atomic E-state index is 0.0317. The lowest BCUT2D eigenvalue weighted by Gasteiger charge is -2.28. The van der Waals surface area contributed by atoms with Gasteiger partial charge in [0.1, 0.15) is 5.69 Å². The molecule has 1 heterocycles. The maximum Gasteiger partial charge on any atom is 0.422 e. The van der Waals surface area contributed by atoms with Crippen LogP contribution in [-0.4, -0.2) is 33.3 Å². The second-order valence-electron chi connectivity index (χ2n) is 4.91. The molecule has 2 N–H and O–H groups in total. The summed E-state index contributed by atoms with van der Waals surface area (Å²) in [6, 6.07) is 3.01. The van der Waals surface area contributed by atoms with E-state index in [4.69, 9.17) is 5.11 Å². The Morgan fingerprint density at radius 2 is 2.00 bits per heavy atom. The number of alkyl halides is 3. The van der Waals surface area contributed by atoms with E-state index in [1.54, 1.807) is 22.1 Å². The number of aromatic nitrogens is 1. The van der Waals surface area contributed by atoms with E-state index >= 15 is 0 Å². The number of hydrogen-bond acceptors (Lipinski definition) is 2. The Bertz CT molecular complexity index is 548. The summed E-state index contributed by atoms with van der Waals surface area (Å²) >= 11 is 0. The molecule has 1 aliphatic carbocycles. The third kappa shape index (κ3) is 2.37. The molecule has 1 fully saturated rings. The number of amides is 1. The minimum atomic E-state index is -5.09. The number of carbonyl (C=O) groups excluding carboxylic acids is 1. The van der Waals surface area contributed by atoms with Crippen LogP contribution in [-0.2, 0) is 4.79 Å². The molecule has 8 heteroatoms. The van der Waals surface area contributed by atoms with Crippen molar-refractivity contribution in [3.05, 3.63) is 24.0 Å². The molecule has 1 aliphatic rings. The number of nitrogens with one attached hydrogen (secondary N) is 1. The molecule has 0 radical (unpaired) electrons. The molecule has 2 rings (SSSR count). The summed E-state index contributed by atoms with van der Waals surface area (Å²) < 4.78 is 40.0. The number of carbonyl (C=O) groups is 2. The lowest BCUT2D eigenvalue weighted by atomic mass is 10.0. The Labute approximate surface area is 112 Å². The van der Waals surface area contributed by atoms with Gasteiger partial charge in [-0.2, -0.15) is 13.2 Å². The van der Waals surface area contributed by atoms with Crippen LogP contribution in [0.1, 0.15) is 36.3 Å². The van der Waals surface area contributed by atoms with Crippen molar-refractivity contribution in [1.29, 1.82) is 0 Å². The SMILES string of the molecule is CC(NC(=O)c1cccn1C1CC1)(C(=O)O)C(F)(F)F. The zero-order chi connectivity index (χ0) is 15.1. The van der Waals surface area contributed by atoms with Gasteiger partial charge in [-0.3, -0.25) is 4.79 Å². The van der Waals surface area contributed by atoms with E-state index in [9.17, 15) is 22.8 Å². The van der Waals surface area contributed by atoms with E-state index < -0.39 is 23.6 Å². The van der Waals surface area contributed by atoms with Gasteiger partial charge in [-0.1, -0.05) is 0 Å². The smallest absolute Gasteiger partial charge is 0.422 e. The van der Waals surface area contributed by atoms with Crippen molar-refractivity contribution >= 4 is 11.9 Å². The molecular weight excluding hydrogens is 277 g/mol. The summed E-state index contributed by atoms with van der Waals surface area (Å²) in [7, 11) is 0. The summed E-state index contributed by atoms with van der Waals surface area (Å²) in [5, 5.41) is 10.3. The normalized spacial score (nSPS) is 18.4. The predicted molar refractivity (Wildman–Crippen MR) is 62.3 cm³/mol. The van der Waals surface area contributed by atoms with Gasteiger partial charge in [0.25, 0.3) is 5.91 Å². The van der Waals surface area contributed by atoms with Gasteiger partial charge in [-0.05, 0) is 31.9 Å². The number of rotatable bonds is 4. The molecule has 0 aliphatic heterocycles. The van der Waals surface area contributed by atoms with Crippen molar-refractivity contribution in [2.24, 2.45) is 0 Å². The number of carboxylic acid groups (broad SMARTS) is 1. The summed E-state index contributed by atoms with van der Waals surface area (Å²) in [5.74, 6) is -3.20. The quantitative estimate of drug-likeness (QED) is 0.890. The summed E-state index contributed by atoms with van der Waals surface area (Å²) in [4.78, 5) is 22.8. The van der Waals surface area contributed by atoms with Crippen LogP contribution >= 0.6 is 0 Å². The van der Waals surface area contributed by atoms with Crippen molar-refractivity contribution < 1.29 is 27.9 Å². The van der Waals surface area contributed by atoms with Crippen LogP contribution in [0.25, 0.3) is 0 Å². The number of carboxylic acids is 1. The van der Waals surface area contributed by atoms with Gasteiger partial charge in [0.15, 0.2) is 0 Å². The fourth-order valence-electron chi connectivity index (χ4n) is 1.79. The largest absolute Gasteiger partial charge is 0.479 e. The third-order valence-corrected chi connectivity index (χ3v) is 3.31. The summed E-state index contributed by atoms with van der Waals surface area (Å²) in [6.07, 6.45) is -1.79. The first-order chi connectivity index (χ1) is 9.17. The molecule has 0 saturated heterocycles. The highest BCUT2D eigenvalue weighted by Crippen LogP contribution is 2.36. The van der Waals surface area contributed by atoms with Crippen LogP contribution in [0.15, 0.2) is 18.3 Å². The van der Waals surface area contributed by atoms with Crippen molar-refractivity contribution in [1.82, 2.24) is 9.88 Å². The van der Waals surface area contributed by atoms with Crippen LogP contribution in [0, 0.1) is 0 Å². The van der Waals surface area contributed by atoms with Crippen molar-refractivity contribution in [2.75, 3.05) is 0 Å². The Kier molecular flexibility index (Phi) is 3.27. The molecule has 1 saturated carbocycles. The van der Waals surface area contributed by atoms with E-state index in [1.165, 1.54) is 6.07 Å². The topological polar surface area (TPSA) is 71.3 Å². The first-order valence-electron chi connectivity index (χ1n) is 5.96. The molecule has 1 atom stereocenters. The summed E-state index contributed by atoms with van der Waals surface area (Å²) in [6.45, 7) is 0.428. The number of aliphatic carboxylic acids is 1. The Morgan fingerprint density at radius 3 is 2.45 bits per heavy atom. The average molecular weight is 290 g/mol. The molecule has 1 amide bonds. The fourth-order valence-corrected chi connectivity index (χ4v) is 1.79. The standard InChI is InChI=1S/C12H13F3N2O3/c1-11(10(19)20,12(13,14)15)16-9(18)8-3-2-6-17(8)7-4-5-7/h2-3,6-7H,4-5H2,1H3,(H,16,18)(H,19,20). The van der Waals surface area contributed by atoms with Gasteiger partial charge in [0.05, 0.1) is 0 Å². The molecule has 0 spiro atoms. The average Bonchev–Trinajstić information content (AvgIpc) is 3.04. The van der Waals surface area contributed by atoms with Crippen molar-refractivity contribution in [3.8, 4) is 0 Å². The van der Waals surface area contributed by atoms with Gasteiger partial charge in [-0.15, -0.1) is 0 Å². The van der Waals surface area contributed by atoms with Gasteiger partial charge in [0.2, 0.25) is 5.54 Å². The monoisotopic (exact) mass is 290 g/mol. The lowest BCUT2D eigenvalue weighted by Crippen LogP contribution is -2.62. The van der Waals surface area contributed by atoms with E-state index in [1.807, 2.05) is 0 Å². The lowest BCUT2D eigenvalue weighted by molar-refractivity contribution is -0.203. The van der Waals surface area contributed by atoms with Crippen LogP contribution in [0.5, 0.6) is 0 Å². The molecule has 1 aromatic heterocycles. The molecule has 5 nitrogen and oxygen atoms in total. The first-order valence-corrected chi connectivity index (χ1v) is 5.96. The molecule has 1 aromatic rings. The van der Waals surface area contributed by atoms with Crippen LogP contribution in [0.3, 0.4) is 0 Å². The fraction of sp³-hybridized carbons (Fsp3) is 0.500. The predicted octanol–water partition coefficient (Wildman–Crippen LogP) is 1.96. The van der Waals surface area contributed by atoms with Crippen molar-refractivity contribution in [3.63, 3.8) is 0 Å². The zero-order valence-corrected chi connectivity index (χ0v) is 10.6. The van der Waals surface area contributed by atoms with Gasteiger partial charge >= 0.3 is 12.1 Å². The minimum Gasteiger partial charge on any atom is -0.479 e. The second-order valence-corrected chi connectivity index (χ2v) is 4.91. The Morgan fingerprint density at radius 1 is 1.40 bits per heavy atom. The molecule has 0 aromatic carbocycles. The Hall–Kier alpha value is -1.99. The second kappa shape index (κ2) is 4.53. The van der Waals surface area contributed by atoms with Crippen LogP contribution in [0.4, 0.5) is 13.2 Å². The van der Waals surface area contributed by atoms with Gasteiger partial charge in [-0.25, -0.2) is 4.79 Å². The maximum absolute atomic E-state index is 12.8. The summed E-state index contributed by atoms with van der Waals surface area (Å²) in [5.41, 5.74) is -3.29. The number of hydrogen-bond donors (Lipinski definition) is 2. The zero-order valence-electron chi connectivity index (χ0n) is 10.6. The van der Waals surface area contributed by atoms with E-state index in [-0.39, 0.29) is 11.7 Å². The molecule has 0 bridgehead atoms. The maximum atomic E-state index is 12.8. The first kappa shape index (κ1) is 14.4. The molecule has 20 heavy (non-hydrogen) atoms. The molecule has 1 unspecified atom stereocenters. The number of halogens is 3. The van der Waals surface area contributed by atoms with E-state index in [0.29, 0.717) is 6.92 Å². The highest BCUT2D eigenvalue weighted by molar-refractivity contribution is 5.97. The molecular formula is C12H13F3N2O3. The van der Waals surface area contributed by atoms with Crippen molar-refractivity contribution in [2.45, 2.75) is 37.5 Å². The Balaban J connectivity index is 2.25. The van der Waals surface area contributed by atoms with E-state index in [0.717, 1.165) is 12.8 Å². The molecule has 110 valence electrons. The third-order valence-electron chi connectivity index (χ3n) is 3.31. The van der Waals surface area contributed by atoms with Gasteiger partial charge < -0.3 is 15.0 Å².